The van der Waals surface area contributed by atoms with E-state index in [1.165, 1.54) is 42.5 Å². The molecule has 1 aromatic carbocycles. The number of benzene rings is 1. The molecule has 0 saturated heterocycles. The third-order valence-corrected chi connectivity index (χ3v) is 4.37. The minimum absolute atomic E-state index is 0.403. The van der Waals surface area contributed by atoms with Gasteiger partial charge >= 0.3 is 0 Å². The Labute approximate surface area is 110 Å². The fraction of sp³-hybridized carbons (Fsp3) is 0.500. The zero-order valence-corrected chi connectivity index (χ0v) is 11.6. The maximum Gasteiger partial charge on any atom is 0.0954 e. The first-order valence-corrected chi connectivity index (χ1v) is 6.99. The molecule has 1 aromatic rings. The van der Waals surface area contributed by atoms with Gasteiger partial charge in [-0.15, -0.1) is 0 Å². The van der Waals surface area contributed by atoms with Crippen molar-refractivity contribution < 1.29 is 0 Å². The lowest BCUT2D eigenvalue weighted by Crippen LogP contribution is -2.29. The van der Waals surface area contributed by atoms with Gasteiger partial charge in [0.2, 0.25) is 0 Å². The van der Waals surface area contributed by atoms with Crippen LogP contribution in [0.2, 0.25) is 0 Å². The van der Waals surface area contributed by atoms with Gasteiger partial charge in [0, 0.05) is 18.8 Å². The van der Waals surface area contributed by atoms with Crippen LogP contribution in [0.3, 0.4) is 0 Å². The minimum Gasteiger partial charge on any atom is -0.364 e. The van der Waals surface area contributed by atoms with Gasteiger partial charge in [0.1, 0.15) is 0 Å². The predicted octanol–water partition coefficient (Wildman–Crippen LogP) is 3.05. The first-order valence-electron chi connectivity index (χ1n) is 6.99. The Kier molecular flexibility index (Phi) is 2.81. The average Bonchev–Trinajstić information content (AvgIpc) is 2.70. The van der Waals surface area contributed by atoms with Crippen LogP contribution < -0.4 is 5.32 Å². The molecular weight excluding hydrogens is 220 g/mol. The monoisotopic (exact) mass is 242 g/mol. The van der Waals surface area contributed by atoms with Crippen LogP contribution in [0.4, 0.5) is 0 Å². The Morgan fingerprint density at radius 1 is 1.17 bits per heavy atom. The van der Waals surface area contributed by atoms with Gasteiger partial charge < -0.3 is 10.2 Å². The molecule has 2 nitrogen and oxygen atoms in total. The van der Waals surface area contributed by atoms with E-state index < -0.39 is 0 Å². The third kappa shape index (κ3) is 1.80. The number of nitrogens with zero attached hydrogens (tertiary/aromatic N) is 1. The minimum atomic E-state index is 0.403. The Bertz CT molecular complexity index is 502. The summed E-state index contributed by atoms with van der Waals surface area (Å²) >= 11 is 0. The molecule has 2 aliphatic rings. The smallest absolute Gasteiger partial charge is 0.0954 e. The SMILES string of the molecule is Cc1ccc(C2=CN(C)C(C)N2)c2c1CCCC2. The maximum absolute atomic E-state index is 3.58. The molecule has 0 fully saturated rings. The summed E-state index contributed by atoms with van der Waals surface area (Å²) in [5.41, 5.74) is 7.37. The van der Waals surface area contributed by atoms with E-state index in [0.717, 1.165) is 0 Å². The molecule has 18 heavy (non-hydrogen) atoms. The number of aryl methyl sites for hydroxylation is 1. The van der Waals surface area contributed by atoms with Crippen LogP contribution in [0.1, 0.15) is 42.0 Å². The summed E-state index contributed by atoms with van der Waals surface area (Å²) in [5, 5.41) is 3.58. The average molecular weight is 242 g/mol. The summed E-state index contributed by atoms with van der Waals surface area (Å²) in [6.07, 6.45) is 7.82. The molecular formula is C16H22N2. The fourth-order valence-electron chi connectivity index (χ4n) is 3.13. The number of rotatable bonds is 1. The fourth-order valence-corrected chi connectivity index (χ4v) is 3.13. The highest BCUT2D eigenvalue weighted by Gasteiger charge is 2.22. The molecule has 0 bridgehead atoms. The van der Waals surface area contributed by atoms with E-state index in [1.54, 1.807) is 11.1 Å². The van der Waals surface area contributed by atoms with E-state index in [1.807, 2.05) is 0 Å². The van der Waals surface area contributed by atoms with Gasteiger partial charge in [-0.2, -0.15) is 0 Å². The van der Waals surface area contributed by atoms with Crippen LogP contribution in [0.15, 0.2) is 18.3 Å². The van der Waals surface area contributed by atoms with Crippen LogP contribution in [-0.4, -0.2) is 18.1 Å². The van der Waals surface area contributed by atoms with Crippen LogP contribution in [0, 0.1) is 6.92 Å². The van der Waals surface area contributed by atoms with Crippen LogP contribution >= 0.6 is 0 Å². The van der Waals surface area contributed by atoms with Crippen molar-refractivity contribution in [1.29, 1.82) is 0 Å². The van der Waals surface area contributed by atoms with Crippen molar-refractivity contribution in [1.82, 2.24) is 10.2 Å². The predicted molar refractivity (Wildman–Crippen MR) is 76.2 cm³/mol. The molecule has 0 amide bonds. The quantitative estimate of drug-likeness (QED) is 0.814. The van der Waals surface area contributed by atoms with Gasteiger partial charge in [0.25, 0.3) is 0 Å². The number of hydrogen-bond acceptors (Lipinski definition) is 2. The normalized spacial score (nSPS) is 22.5. The second-order valence-electron chi connectivity index (χ2n) is 5.62. The summed E-state index contributed by atoms with van der Waals surface area (Å²) in [5.74, 6) is 0. The van der Waals surface area contributed by atoms with E-state index in [2.05, 4.69) is 49.4 Å². The van der Waals surface area contributed by atoms with Gasteiger partial charge in [0.15, 0.2) is 0 Å². The van der Waals surface area contributed by atoms with E-state index >= 15 is 0 Å². The van der Waals surface area contributed by atoms with Crippen LogP contribution in [-0.2, 0) is 12.8 Å². The molecule has 3 rings (SSSR count). The molecule has 1 aliphatic carbocycles. The molecule has 2 heteroatoms. The standard InChI is InChI=1S/C16H22N2/c1-11-8-9-15(14-7-5-4-6-13(11)14)16-10-18(3)12(2)17-16/h8-10,12,17H,4-7H2,1-3H3. The maximum atomic E-state index is 3.58. The molecule has 1 atom stereocenters. The number of nitrogens with one attached hydrogen (secondary N) is 1. The van der Waals surface area contributed by atoms with Gasteiger partial charge in [0.05, 0.1) is 11.9 Å². The van der Waals surface area contributed by atoms with E-state index in [0.29, 0.717) is 6.17 Å². The summed E-state index contributed by atoms with van der Waals surface area (Å²) in [4.78, 5) is 2.24. The lowest BCUT2D eigenvalue weighted by Gasteiger charge is -2.22. The van der Waals surface area contributed by atoms with E-state index in [9.17, 15) is 0 Å². The molecule has 96 valence electrons. The topological polar surface area (TPSA) is 15.3 Å². The molecule has 0 aromatic heterocycles. The van der Waals surface area contributed by atoms with Crippen molar-refractivity contribution in [2.45, 2.75) is 45.7 Å². The highest BCUT2D eigenvalue weighted by atomic mass is 15.3. The summed E-state index contributed by atoms with van der Waals surface area (Å²) in [6.45, 7) is 4.45. The van der Waals surface area contributed by atoms with Crippen molar-refractivity contribution in [2.75, 3.05) is 7.05 Å². The van der Waals surface area contributed by atoms with Crippen LogP contribution in [0.25, 0.3) is 5.70 Å². The van der Waals surface area contributed by atoms with Crippen molar-refractivity contribution in [2.24, 2.45) is 0 Å². The van der Waals surface area contributed by atoms with Crippen LogP contribution in [0.5, 0.6) is 0 Å². The summed E-state index contributed by atoms with van der Waals surface area (Å²) in [6, 6.07) is 4.58. The molecule has 0 radical (unpaired) electrons. The Morgan fingerprint density at radius 2 is 1.89 bits per heavy atom. The van der Waals surface area contributed by atoms with Gasteiger partial charge in [-0.3, -0.25) is 0 Å². The Morgan fingerprint density at radius 3 is 2.56 bits per heavy atom. The second-order valence-corrected chi connectivity index (χ2v) is 5.62. The zero-order chi connectivity index (χ0) is 12.7. The zero-order valence-electron chi connectivity index (χ0n) is 11.6. The van der Waals surface area contributed by atoms with Gasteiger partial charge in [-0.25, -0.2) is 0 Å². The largest absolute Gasteiger partial charge is 0.364 e. The molecule has 1 unspecified atom stereocenters. The lowest BCUT2D eigenvalue weighted by atomic mass is 9.85. The first-order chi connectivity index (χ1) is 8.66. The third-order valence-electron chi connectivity index (χ3n) is 4.37. The van der Waals surface area contributed by atoms with E-state index in [-0.39, 0.29) is 0 Å². The molecule has 0 saturated carbocycles. The van der Waals surface area contributed by atoms with Crippen molar-refractivity contribution in [3.05, 3.63) is 40.6 Å². The van der Waals surface area contributed by atoms with Crippen molar-refractivity contribution in [3.63, 3.8) is 0 Å². The summed E-state index contributed by atoms with van der Waals surface area (Å²) in [7, 11) is 2.13. The molecule has 1 heterocycles. The number of hydrogen-bond donors (Lipinski definition) is 1. The first kappa shape index (κ1) is 11.6. The Balaban J connectivity index is 2.06. The van der Waals surface area contributed by atoms with Gasteiger partial charge in [-0.05, 0) is 56.2 Å². The lowest BCUT2D eigenvalue weighted by molar-refractivity contribution is 0.357. The van der Waals surface area contributed by atoms with E-state index in [4.69, 9.17) is 0 Å². The second kappa shape index (κ2) is 4.34. The van der Waals surface area contributed by atoms with Crippen molar-refractivity contribution >= 4 is 5.70 Å². The molecule has 0 spiro atoms. The molecule has 1 aliphatic heterocycles. The molecule has 1 N–H and O–H groups in total. The Hall–Kier alpha value is -1.44. The van der Waals surface area contributed by atoms with Crippen molar-refractivity contribution in [3.8, 4) is 0 Å². The van der Waals surface area contributed by atoms with Gasteiger partial charge in [-0.1, -0.05) is 12.1 Å². The highest BCUT2D eigenvalue weighted by Crippen LogP contribution is 2.32. The summed E-state index contributed by atoms with van der Waals surface area (Å²) < 4.78 is 0. The number of fused-ring (bicyclic) bond motifs is 1. The highest BCUT2D eigenvalue weighted by molar-refractivity contribution is 5.70.